The minimum absolute atomic E-state index is 0.250. The fraction of sp³-hybridized carbons (Fsp3) is 1.00. The van der Waals surface area contributed by atoms with Gasteiger partial charge < -0.3 is 9.83 Å². The lowest BCUT2D eigenvalue weighted by Gasteiger charge is -2.33. The van der Waals surface area contributed by atoms with E-state index in [4.69, 9.17) is 0 Å². The van der Waals surface area contributed by atoms with Crippen LogP contribution < -0.4 is 0 Å². The van der Waals surface area contributed by atoms with Gasteiger partial charge in [0.15, 0.2) is 0 Å². The molecule has 0 aromatic rings. The summed E-state index contributed by atoms with van der Waals surface area (Å²) in [5.74, 6) is 1.72. The normalized spacial score (nSPS) is 21.0. The number of piperidine rings is 1. The molecule has 0 aliphatic carbocycles. The fourth-order valence-corrected chi connectivity index (χ4v) is 2.23. The van der Waals surface area contributed by atoms with Gasteiger partial charge in [0.25, 0.3) is 0 Å². The van der Waals surface area contributed by atoms with Gasteiger partial charge in [-0.3, -0.25) is 0 Å². The standard InChI is InChI=1S/C10H22BNO/c1-9(2)8-10-4-6-12(7-5-10)11(3)13/h9-10,13H,4-8H2,1-3H3. The highest BCUT2D eigenvalue weighted by molar-refractivity contribution is 6.45. The van der Waals surface area contributed by atoms with Gasteiger partial charge in [0, 0.05) is 0 Å². The molecule has 0 bridgehead atoms. The maximum absolute atomic E-state index is 9.37. The topological polar surface area (TPSA) is 23.5 Å². The third-order valence-electron chi connectivity index (χ3n) is 2.98. The first-order chi connectivity index (χ1) is 6.09. The first-order valence-corrected chi connectivity index (χ1v) is 5.51. The van der Waals surface area contributed by atoms with Crippen molar-refractivity contribution in [3.8, 4) is 0 Å². The van der Waals surface area contributed by atoms with Crippen molar-refractivity contribution in [2.75, 3.05) is 13.1 Å². The summed E-state index contributed by atoms with van der Waals surface area (Å²) in [5, 5.41) is 9.37. The van der Waals surface area contributed by atoms with E-state index < -0.39 is 0 Å². The monoisotopic (exact) mass is 183 g/mol. The zero-order chi connectivity index (χ0) is 9.84. The Morgan fingerprint density at radius 3 is 2.31 bits per heavy atom. The van der Waals surface area contributed by atoms with Gasteiger partial charge in [-0.25, -0.2) is 0 Å². The summed E-state index contributed by atoms with van der Waals surface area (Å²) in [7, 11) is -0.250. The molecular formula is C10H22BNO. The molecule has 1 aliphatic rings. The summed E-state index contributed by atoms with van der Waals surface area (Å²) in [6.07, 6.45) is 3.89. The summed E-state index contributed by atoms with van der Waals surface area (Å²) >= 11 is 0. The minimum Gasteiger partial charge on any atom is -0.437 e. The molecule has 1 rings (SSSR count). The van der Waals surface area contributed by atoms with Gasteiger partial charge in [-0.15, -0.1) is 0 Å². The molecule has 0 atom stereocenters. The van der Waals surface area contributed by atoms with E-state index in [-0.39, 0.29) is 7.05 Å². The number of nitrogens with zero attached hydrogens (tertiary/aromatic N) is 1. The molecule has 2 nitrogen and oxygen atoms in total. The van der Waals surface area contributed by atoms with Crippen molar-refractivity contribution in [2.24, 2.45) is 11.8 Å². The quantitative estimate of drug-likeness (QED) is 0.675. The van der Waals surface area contributed by atoms with E-state index in [1.165, 1.54) is 19.3 Å². The summed E-state index contributed by atoms with van der Waals surface area (Å²) in [6, 6.07) is 0. The van der Waals surface area contributed by atoms with Crippen LogP contribution in [0.1, 0.15) is 33.1 Å². The molecular weight excluding hydrogens is 161 g/mol. The molecule has 0 aromatic carbocycles. The Labute approximate surface area is 82.5 Å². The van der Waals surface area contributed by atoms with Crippen LogP contribution in [0.5, 0.6) is 0 Å². The molecule has 1 fully saturated rings. The van der Waals surface area contributed by atoms with Crippen LogP contribution in [0.2, 0.25) is 6.82 Å². The summed E-state index contributed by atoms with van der Waals surface area (Å²) in [6.45, 7) is 8.61. The van der Waals surface area contributed by atoms with Gasteiger partial charge >= 0.3 is 7.05 Å². The molecule has 1 saturated heterocycles. The molecule has 0 radical (unpaired) electrons. The summed E-state index contributed by atoms with van der Waals surface area (Å²) in [5.41, 5.74) is 0. The van der Waals surface area contributed by atoms with Crippen molar-refractivity contribution < 1.29 is 5.02 Å². The Morgan fingerprint density at radius 1 is 1.38 bits per heavy atom. The molecule has 0 spiro atoms. The van der Waals surface area contributed by atoms with E-state index in [1.807, 2.05) is 6.82 Å². The molecule has 13 heavy (non-hydrogen) atoms. The lowest BCUT2D eigenvalue weighted by molar-refractivity contribution is 0.228. The van der Waals surface area contributed by atoms with Crippen molar-refractivity contribution in [3.05, 3.63) is 0 Å². The Kier molecular flexibility index (Phi) is 4.27. The molecule has 0 unspecified atom stereocenters. The molecule has 1 heterocycles. The molecule has 0 aromatic heterocycles. The van der Waals surface area contributed by atoms with Crippen molar-refractivity contribution >= 4 is 7.05 Å². The third-order valence-corrected chi connectivity index (χ3v) is 2.98. The molecule has 3 heteroatoms. The van der Waals surface area contributed by atoms with E-state index in [2.05, 4.69) is 18.7 Å². The lowest BCUT2D eigenvalue weighted by Crippen LogP contribution is -2.43. The number of rotatable bonds is 3. The molecule has 0 amide bonds. The SMILES string of the molecule is CB(O)N1CCC(CC(C)C)CC1. The average molecular weight is 183 g/mol. The Bertz CT molecular complexity index is 142. The largest absolute Gasteiger partial charge is 0.437 e. The minimum atomic E-state index is -0.250. The van der Waals surface area contributed by atoms with Crippen molar-refractivity contribution in [3.63, 3.8) is 0 Å². The Morgan fingerprint density at radius 2 is 1.92 bits per heavy atom. The summed E-state index contributed by atoms with van der Waals surface area (Å²) in [4.78, 5) is 2.16. The van der Waals surface area contributed by atoms with Crippen LogP contribution in [-0.2, 0) is 0 Å². The van der Waals surface area contributed by atoms with Gasteiger partial charge in [-0.1, -0.05) is 13.8 Å². The van der Waals surface area contributed by atoms with Crippen LogP contribution in [0.15, 0.2) is 0 Å². The highest BCUT2D eigenvalue weighted by atomic mass is 16.2. The highest BCUT2D eigenvalue weighted by Gasteiger charge is 2.23. The molecule has 1 N–H and O–H groups in total. The van der Waals surface area contributed by atoms with Crippen LogP contribution in [0, 0.1) is 11.8 Å². The fourth-order valence-electron chi connectivity index (χ4n) is 2.23. The number of hydrogen-bond donors (Lipinski definition) is 1. The zero-order valence-corrected chi connectivity index (χ0v) is 9.16. The van der Waals surface area contributed by atoms with Crippen LogP contribution in [-0.4, -0.2) is 30.0 Å². The molecule has 0 saturated carbocycles. The van der Waals surface area contributed by atoms with E-state index in [9.17, 15) is 5.02 Å². The maximum atomic E-state index is 9.37. The van der Waals surface area contributed by atoms with E-state index >= 15 is 0 Å². The Hall–Kier alpha value is -0.0151. The first kappa shape index (κ1) is 11.1. The zero-order valence-electron chi connectivity index (χ0n) is 9.16. The molecule has 76 valence electrons. The maximum Gasteiger partial charge on any atom is 0.376 e. The van der Waals surface area contributed by atoms with Gasteiger partial charge in [-0.2, -0.15) is 0 Å². The second-order valence-corrected chi connectivity index (χ2v) is 4.74. The van der Waals surface area contributed by atoms with Crippen LogP contribution in [0.3, 0.4) is 0 Å². The van der Waals surface area contributed by atoms with E-state index in [0.717, 1.165) is 24.9 Å². The predicted octanol–water partition coefficient (Wildman–Crippen LogP) is 1.85. The van der Waals surface area contributed by atoms with Crippen LogP contribution >= 0.6 is 0 Å². The second kappa shape index (κ2) is 5.01. The summed E-state index contributed by atoms with van der Waals surface area (Å²) < 4.78 is 0. The first-order valence-electron chi connectivity index (χ1n) is 5.51. The smallest absolute Gasteiger partial charge is 0.376 e. The number of hydrogen-bond acceptors (Lipinski definition) is 2. The lowest BCUT2D eigenvalue weighted by atomic mass is 9.79. The van der Waals surface area contributed by atoms with E-state index in [1.54, 1.807) is 0 Å². The van der Waals surface area contributed by atoms with Gasteiger partial charge in [0.1, 0.15) is 0 Å². The third kappa shape index (κ3) is 3.69. The van der Waals surface area contributed by atoms with Gasteiger partial charge in [0.2, 0.25) is 0 Å². The Balaban J connectivity index is 2.22. The van der Waals surface area contributed by atoms with Crippen molar-refractivity contribution in [2.45, 2.75) is 39.9 Å². The molecule has 1 aliphatic heterocycles. The predicted molar refractivity (Wildman–Crippen MR) is 57.6 cm³/mol. The highest BCUT2D eigenvalue weighted by Crippen LogP contribution is 2.23. The van der Waals surface area contributed by atoms with Crippen LogP contribution in [0.4, 0.5) is 0 Å². The average Bonchev–Trinajstić information content (AvgIpc) is 2.04. The van der Waals surface area contributed by atoms with Gasteiger partial charge in [-0.05, 0) is 51.0 Å². The van der Waals surface area contributed by atoms with Crippen molar-refractivity contribution in [1.29, 1.82) is 0 Å². The van der Waals surface area contributed by atoms with E-state index in [0.29, 0.717) is 0 Å². The van der Waals surface area contributed by atoms with Gasteiger partial charge in [0.05, 0.1) is 0 Å². The van der Waals surface area contributed by atoms with Crippen LogP contribution in [0.25, 0.3) is 0 Å². The second-order valence-electron chi connectivity index (χ2n) is 4.74. The van der Waals surface area contributed by atoms with Crippen molar-refractivity contribution in [1.82, 2.24) is 4.81 Å².